The van der Waals surface area contributed by atoms with E-state index in [0.29, 0.717) is 35.4 Å². The molecule has 0 bridgehead atoms. The van der Waals surface area contributed by atoms with Crippen molar-refractivity contribution in [1.82, 2.24) is 14.9 Å². The summed E-state index contributed by atoms with van der Waals surface area (Å²) in [7, 11) is 0. The molecule has 3 aromatic rings. The molecule has 1 aliphatic heterocycles. The zero-order valence-electron chi connectivity index (χ0n) is 21.5. The number of carbonyl (C=O) groups is 2. The molecule has 206 valence electrons. The standard InChI is InChI=1S/C28H27F2N3O6.H2/c1-3-37-26(36)31-12-13-33-16-18(5-9-24(33)35)25-17(2)4-7-20(32-25)15-23(34)27(10-11-27)19-6-8-21-22(14-19)39-28(29,30)38-21;/h4-9,14,16H,3,10-13,15H2,1-2H3,(H,31,36);1H. The molecule has 0 unspecified atom stereocenters. The van der Waals surface area contributed by atoms with Crippen LogP contribution < -0.4 is 20.3 Å². The highest BCUT2D eigenvalue weighted by atomic mass is 19.3. The molecule has 2 aliphatic rings. The second kappa shape index (κ2) is 10.1. The van der Waals surface area contributed by atoms with Gasteiger partial charge in [0.2, 0.25) is 0 Å². The Morgan fingerprint density at radius 1 is 1.13 bits per heavy atom. The molecule has 0 saturated heterocycles. The van der Waals surface area contributed by atoms with Crippen molar-refractivity contribution in [3.63, 3.8) is 0 Å². The van der Waals surface area contributed by atoms with E-state index in [2.05, 4.69) is 14.8 Å². The maximum Gasteiger partial charge on any atom is 0.586 e. The number of hydrogen-bond acceptors (Lipinski definition) is 7. The summed E-state index contributed by atoms with van der Waals surface area (Å²) in [5, 5.41) is 2.59. The number of ether oxygens (including phenoxy) is 3. The number of alkyl carbamates (subject to hydrolysis) is 1. The molecule has 11 heteroatoms. The molecule has 0 radical (unpaired) electrons. The van der Waals surface area contributed by atoms with Gasteiger partial charge in [0.05, 0.1) is 17.7 Å². The SMILES string of the molecule is CCOC(=O)NCCn1cc(-c2nc(CC(=O)C3(c4ccc5c(c4)OC(F)(F)O5)CC3)ccc2C)ccc1=O.[HH]. The lowest BCUT2D eigenvalue weighted by Crippen LogP contribution is -2.30. The molecule has 2 aromatic heterocycles. The molecule has 9 nitrogen and oxygen atoms in total. The zero-order chi connectivity index (χ0) is 27.8. The Balaban J connectivity index is 0.00000370. The van der Waals surface area contributed by atoms with Crippen molar-refractivity contribution < 1.29 is 34.0 Å². The molecular weight excluding hydrogens is 512 g/mol. The van der Waals surface area contributed by atoms with Gasteiger partial charge in [-0.1, -0.05) is 12.1 Å². The van der Waals surface area contributed by atoms with Gasteiger partial charge in [-0.25, -0.2) is 4.79 Å². The zero-order valence-corrected chi connectivity index (χ0v) is 21.5. The van der Waals surface area contributed by atoms with E-state index in [1.54, 1.807) is 31.3 Å². The number of nitrogens with one attached hydrogen (secondary N) is 1. The number of fused-ring (bicyclic) bond motifs is 1. The molecule has 3 heterocycles. The maximum atomic E-state index is 13.4. The minimum absolute atomic E-state index is 0. The number of alkyl halides is 2. The molecule has 0 atom stereocenters. The van der Waals surface area contributed by atoms with Gasteiger partial charge in [-0.3, -0.25) is 14.6 Å². The summed E-state index contributed by atoms with van der Waals surface area (Å²) in [5.74, 6) is -0.208. The Hall–Kier alpha value is -4.28. The van der Waals surface area contributed by atoms with Gasteiger partial charge in [0.15, 0.2) is 11.5 Å². The fourth-order valence-electron chi connectivity index (χ4n) is 4.70. The lowest BCUT2D eigenvalue weighted by atomic mass is 9.88. The number of amides is 1. The average Bonchev–Trinajstić information content (AvgIpc) is 3.63. The second-order valence-electron chi connectivity index (χ2n) is 9.58. The second-order valence-corrected chi connectivity index (χ2v) is 9.58. The fourth-order valence-corrected chi connectivity index (χ4v) is 4.70. The van der Waals surface area contributed by atoms with E-state index in [1.807, 2.05) is 13.0 Å². The minimum atomic E-state index is -3.72. The fraction of sp³-hybridized carbons (Fsp3) is 0.357. The topological polar surface area (TPSA) is 109 Å². The molecule has 1 saturated carbocycles. The highest BCUT2D eigenvalue weighted by molar-refractivity contribution is 5.94. The first-order valence-corrected chi connectivity index (χ1v) is 12.6. The number of pyridine rings is 2. The van der Waals surface area contributed by atoms with Crippen LogP contribution in [0.5, 0.6) is 11.5 Å². The van der Waals surface area contributed by atoms with Gasteiger partial charge < -0.3 is 24.1 Å². The summed E-state index contributed by atoms with van der Waals surface area (Å²) in [4.78, 5) is 42.0. The lowest BCUT2D eigenvalue weighted by Gasteiger charge is -2.16. The number of Topliss-reactive ketones (excluding diaryl/α,β-unsaturated/α-hetero) is 1. The molecule has 1 fully saturated rings. The number of aromatic nitrogens is 2. The van der Waals surface area contributed by atoms with Crippen LogP contribution in [0.4, 0.5) is 13.6 Å². The molecule has 5 rings (SSSR count). The number of hydrogen-bond donors (Lipinski definition) is 1. The van der Waals surface area contributed by atoms with Gasteiger partial charge in [0.1, 0.15) is 5.78 Å². The monoisotopic (exact) mass is 541 g/mol. The number of aryl methyl sites for hydroxylation is 1. The third-order valence-electron chi connectivity index (χ3n) is 6.89. The first kappa shape index (κ1) is 26.3. The quantitative estimate of drug-likeness (QED) is 0.428. The number of nitrogens with zero attached hydrogens (tertiary/aromatic N) is 2. The molecule has 1 N–H and O–H groups in total. The summed E-state index contributed by atoms with van der Waals surface area (Å²) in [5.41, 5.74) is 2.34. The summed E-state index contributed by atoms with van der Waals surface area (Å²) in [6.45, 7) is 4.30. The smallest absolute Gasteiger partial charge is 0.450 e. The summed E-state index contributed by atoms with van der Waals surface area (Å²) in [6, 6.07) is 11.2. The van der Waals surface area contributed by atoms with E-state index < -0.39 is 17.8 Å². The number of ketones is 1. The summed E-state index contributed by atoms with van der Waals surface area (Å²) in [6.07, 6.45) is -1.34. The molecule has 1 amide bonds. The summed E-state index contributed by atoms with van der Waals surface area (Å²) < 4.78 is 42.2. The molecule has 1 aliphatic carbocycles. The lowest BCUT2D eigenvalue weighted by molar-refractivity contribution is -0.286. The average molecular weight is 542 g/mol. The van der Waals surface area contributed by atoms with Gasteiger partial charge >= 0.3 is 12.4 Å². The van der Waals surface area contributed by atoms with Crippen LogP contribution in [0.1, 0.15) is 38.0 Å². The number of carbonyl (C=O) groups excluding carboxylic acids is 2. The van der Waals surface area contributed by atoms with E-state index in [-0.39, 0.29) is 50.4 Å². The van der Waals surface area contributed by atoms with Crippen molar-refractivity contribution >= 4 is 11.9 Å². The van der Waals surface area contributed by atoms with Crippen LogP contribution in [0.25, 0.3) is 11.3 Å². The number of rotatable bonds is 9. The van der Waals surface area contributed by atoms with Crippen LogP contribution in [0.2, 0.25) is 0 Å². The molecular formula is C28H29F2N3O6. The third-order valence-corrected chi connectivity index (χ3v) is 6.89. The van der Waals surface area contributed by atoms with Crippen LogP contribution in [0.15, 0.2) is 53.5 Å². The minimum Gasteiger partial charge on any atom is -0.450 e. The van der Waals surface area contributed by atoms with Gasteiger partial charge in [0, 0.05) is 44.5 Å². The first-order valence-electron chi connectivity index (χ1n) is 12.6. The van der Waals surface area contributed by atoms with Gasteiger partial charge in [-0.15, -0.1) is 8.78 Å². The van der Waals surface area contributed by atoms with E-state index in [4.69, 9.17) is 9.72 Å². The number of benzene rings is 1. The Kier molecular flexibility index (Phi) is 6.83. The van der Waals surface area contributed by atoms with E-state index in [1.165, 1.54) is 22.8 Å². The highest BCUT2D eigenvalue weighted by Crippen LogP contribution is 2.52. The molecule has 0 spiro atoms. The van der Waals surface area contributed by atoms with Crippen molar-refractivity contribution in [1.29, 1.82) is 0 Å². The van der Waals surface area contributed by atoms with Crippen LogP contribution in [0.3, 0.4) is 0 Å². The molecule has 1 aromatic carbocycles. The van der Waals surface area contributed by atoms with Crippen molar-refractivity contribution in [2.75, 3.05) is 13.2 Å². The van der Waals surface area contributed by atoms with Crippen LogP contribution in [0, 0.1) is 6.92 Å². The Morgan fingerprint density at radius 3 is 2.64 bits per heavy atom. The van der Waals surface area contributed by atoms with Gasteiger partial charge in [-0.2, -0.15) is 0 Å². The summed E-state index contributed by atoms with van der Waals surface area (Å²) >= 11 is 0. The van der Waals surface area contributed by atoms with Crippen molar-refractivity contribution in [2.45, 2.75) is 51.4 Å². The Morgan fingerprint density at radius 2 is 1.90 bits per heavy atom. The van der Waals surface area contributed by atoms with E-state index in [0.717, 1.165) is 5.56 Å². The van der Waals surface area contributed by atoms with Crippen molar-refractivity contribution in [2.24, 2.45) is 0 Å². The van der Waals surface area contributed by atoms with Crippen molar-refractivity contribution in [3.05, 3.63) is 75.8 Å². The van der Waals surface area contributed by atoms with Crippen LogP contribution in [-0.2, 0) is 27.9 Å². The van der Waals surface area contributed by atoms with E-state index >= 15 is 0 Å². The predicted octanol–water partition coefficient (Wildman–Crippen LogP) is 4.38. The van der Waals surface area contributed by atoms with Gasteiger partial charge in [-0.05, 0) is 62.1 Å². The Labute approximate surface area is 224 Å². The van der Waals surface area contributed by atoms with Crippen molar-refractivity contribution in [3.8, 4) is 22.8 Å². The van der Waals surface area contributed by atoms with E-state index in [9.17, 15) is 23.2 Å². The third kappa shape index (κ3) is 5.47. The van der Waals surface area contributed by atoms with Crippen LogP contribution >= 0.6 is 0 Å². The van der Waals surface area contributed by atoms with Gasteiger partial charge in [0.25, 0.3) is 5.56 Å². The normalized spacial score (nSPS) is 16.0. The Bertz CT molecular complexity index is 1510. The largest absolute Gasteiger partial charge is 0.586 e. The maximum absolute atomic E-state index is 13.4. The van der Waals surface area contributed by atoms with Crippen LogP contribution in [-0.4, -0.2) is 40.9 Å². The highest BCUT2D eigenvalue weighted by Gasteiger charge is 2.52. The number of halogens is 2. The predicted molar refractivity (Wildman–Crippen MR) is 138 cm³/mol. The first-order chi connectivity index (χ1) is 18.6. The molecule has 39 heavy (non-hydrogen) atoms.